The molecule has 66 valence electrons. The predicted molar refractivity (Wildman–Crippen MR) is 67.9 cm³/mol. The van der Waals surface area contributed by atoms with Crippen molar-refractivity contribution in [2.75, 3.05) is 0 Å². The van der Waals surface area contributed by atoms with Gasteiger partial charge in [-0.1, -0.05) is 36.3 Å². The van der Waals surface area contributed by atoms with Crippen LogP contribution in [0.15, 0.2) is 33.7 Å². The van der Waals surface area contributed by atoms with E-state index in [-0.39, 0.29) is 0 Å². The molecule has 0 unspecified atom stereocenters. The van der Waals surface area contributed by atoms with Gasteiger partial charge in [0.15, 0.2) is 0 Å². The summed E-state index contributed by atoms with van der Waals surface area (Å²) in [6, 6.07) is 9.96. The Hall–Kier alpha value is -0.0400. The molecule has 0 radical (unpaired) electrons. The monoisotopic (exact) mass is 362 g/mol. The van der Waals surface area contributed by atoms with E-state index in [4.69, 9.17) is 0 Å². The Morgan fingerprint density at radius 1 is 1.08 bits per heavy atom. The summed E-state index contributed by atoms with van der Waals surface area (Å²) >= 11 is 9.78. The SMILES string of the molecule is BrC#CC(=C(Br)Br)c1ccccc1. The molecule has 0 bridgehead atoms. The first-order chi connectivity index (χ1) is 6.25. The zero-order valence-electron chi connectivity index (χ0n) is 6.52. The van der Waals surface area contributed by atoms with E-state index in [0.29, 0.717) is 0 Å². The summed E-state index contributed by atoms with van der Waals surface area (Å²) < 4.78 is 0.859. The Bertz CT molecular complexity index is 364. The fourth-order valence-corrected chi connectivity index (χ4v) is 1.73. The summed E-state index contributed by atoms with van der Waals surface area (Å²) in [6.07, 6.45) is 0. The zero-order chi connectivity index (χ0) is 9.68. The Morgan fingerprint density at radius 2 is 1.69 bits per heavy atom. The molecular weight excluding hydrogens is 360 g/mol. The van der Waals surface area contributed by atoms with Crippen LogP contribution < -0.4 is 0 Å². The van der Waals surface area contributed by atoms with E-state index < -0.39 is 0 Å². The standard InChI is InChI=1S/C10H5Br3/c11-7-6-9(10(12)13)8-4-2-1-3-5-8/h1-5H. The molecule has 13 heavy (non-hydrogen) atoms. The van der Waals surface area contributed by atoms with Crippen molar-refractivity contribution in [3.63, 3.8) is 0 Å². The van der Waals surface area contributed by atoms with Gasteiger partial charge in [0.2, 0.25) is 0 Å². The van der Waals surface area contributed by atoms with Crippen molar-refractivity contribution < 1.29 is 0 Å². The van der Waals surface area contributed by atoms with Crippen molar-refractivity contribution in [2.24, 2.45) is 0 Å². The molecule has 1 aromatic rings. The van der Waals surface area contributed by atoms with Gasteiger partial charge in [-0.05, 0) is 42.3 Å². The minimum Gasteiger partial charge on any atom is -0.0622 e. The van der Waals surface area contributed by atoms with Gasteiger partial charge in [-0.25, -0.2) is 0 Å². The minimum absolute atomic E-state index is 0.859. The molecule has 0 heterocycles. The summed E-state index contributed by atoms with van der Waals surface area (Å²) in [5.74, 6) is 2.95. The first kappa shape index (κ1) is 11.0. The first-order valence-corrected chi connectivity index (χ1v) is 5.86. The molecule has 0 aliphatic carbocycles. The lowest BCUT2D eigenvalue weighted by molar-refractivity contribution is 1.64. The second-order valence-electron chi connectivity index (χ2n) is 2.22. The predicted octanol–water partition coefficient (Wildman–Crippen LogP) is 4.50. The molecule has 0 N–H and O–H groups in total. The quantitative estimate of drug-likeness (QED) is 0.643. The van der Waals surface area contributed by atoms with Gasteiger partial charge in [-0.2, -0.15) is 0 Å². The number of halogens is 3. The molecule has 0 saturated heterocycles. The van der Waals surface area contributed by atoms with Gasteiger partial charge >= 0.3 is 0 Å². The minimum atomic E-state index is 0.859. The van der Waals surface area contributed by atoms with Gasteiger partial charge in [-0.3, -0.25) is 0 Å². The molecule has 0 atom stereocenters. The lowest BCUT2D eigenvalue weighted by Gasteiger charge is -1.99. The third-order valence-electron chi connectivity index (χ3n) is 1.42. The average Bonchev–Trinajstić information content (AvgIpc) is 2.15. The van der Waals surface area contributed by atoms with Crippen LogP contribution in [-0.4, -0.2) is 0 Å². The molecule has 0 aliphatic rings. The molecule has 3 heteroatoms. The number of hydrogen-bond acceptors (Lipinski definition) is 0. The highest BCUT2D eigenvalue weighted by molar-refractivity contribution is 9.28. The van der Waals surface area contributed by atoms with Crippen LogP contribution in [0.4, 0.5) is 0 Å². The second kappa shape index (κ2) is 5.64. The van der Waals surface area contributed by atoms with E-state index in [1.165, 1.54) is 0 Å². The van der Waals surface area contributed by atoms with E-state index in [1.807, 2.05) is 30.3 Å². The van der Waals surface area contributed by atoms with Crippen LogP contribution in [0.5, 0.6) is 0 Å². The van der Waals surface area contributed by atoms with Crippen molar-refractivity contribution in [2.45, 2.75) is 0 Å². The molecule has 0 spiro atoms. The van der Waals surface area contributed by atoms with Crippen LogP contribution in [0.3, 0.4) is 0 Å². The summed E-state index contributed by atoms with van der Waals surface area (Å²) in [6.45, 7) is 0. The van der Waals surface area contributed by atoms with Crippen molar-refractivity contribution in [1.82, 2.24) is 0 Å². The number of hydrogen-bond donors (Lipinski definition) is 0. The van der Waals surface area contributed by atoms with E-state index in [2.05, 4.69) is 58.5 Å². The van der Waals surface area contributed by atoms with Gasteiger partial charge in [-0.15, -0.1) is 0 Å². The maximum absolute atomic E-state index is 3.35. The lowest BCUT2D eigenvalue weighted by Crippen LogP contribution is -1.79. The van der Waals surface area contributed by atoms with Gasteiger partial charge in [0.25, 0.3) is 0 Å². The van der Waals surface area contributed by atoms with Crippen LogP contribution in [0.2, 0.25) is 0 Å². The smallest absolute Gasteiger partial charge is 0.0622 e. The Morgan fingerprint density at radius 3 is 2.15 bits per heavy atom. The number of allylic oxidation sites excluding steroid dienone is 1. The van der Waals surface area contributed by atoms with Crippen molar-refractivity contribution in [3.05, 3.63) is 39.3 Å². The van der Waals surface area contributed by atoms with E-state index in [9.17, 15) is 0 Å². The van der Waals surface area contributed by atoms with Gasteiger partial charge in [0.1, 0.15) is 0 Å². The molecule has 0 amide bonds. The fraction of sp³-hybridized carbons (Fsp3) is 0. The first-order valence-electron chi connectivity index (χ1n) is 3.48. The lowest BCUT2D eigenvalue weighted by atomic mass is 10.1. The molecule has 0 aliphatic heterocycles. The summed E-state index contributed by atoms with van der Waals surface area (Å²) in [4.78, 5) is 2.69. The van der Waals surface area contributed by atoms with Crippen LogP contribution >= 0.6 is 47.8 Å². The normalized spacial score (nSPS) is 8.54. The Labute approximate surface area is 103 Å². The summed E-state index contributed by atoms with van der Waals surface area (Å²) in [5, 5.41) is 0. The second-order valence-corrected chi connectivity index (χ2v) is 5.27. The van der Waals surface area contributed by atoms with Crippen molar-refractivity contribution in [1.29, 1.82) is 0 Å². The highest BCUT2D eigenvalue weighted by atomic mass is 79.9. The number of benzene rings is 1. The van der Waals surface area contributed by atoms with Gasteiger partial charge < -0.3 is 0 Å². The third-order valence-corrected chi connectivity index (χ3v) is 2.41. The van der Waals surface area contributed by atoms with Crippen LogP contribution in [-0.2, 0) is 0 Å². The van der Waals surface area contributed by atoms with Crippen LogP contribution in [0.25, 0.3) is 5.57 Å². The van der Waals surface area contributed by atoms with Crippen molar-refractivity contribution in [3.8, 4) is 10.8 Å². The van der Waals surface area contributed by atoms with Crippen LogP contribution in [0.1, 0.15) is 5.56 Å². The molecule has 0 fully saturated rings. The molecule has 0 nitrogen and oxygen atoms in total. The highest BCUT2D eigenvalue weighted by Crippen LogP contribution is 2.26. The van der Waals surface area contributed by atoms with Crippen molar-refractivity contribution >= 4 is 53.4 Å². The summed E-state index contributed by atoms with van der Waals surface area (Å²) in [7, 11) is 0. The molecule has 1 aromatic carbocycles. The van der Waals surface area contributed by atoms with Crippen LogP contribution in [0, 0.1) is 10.8 Å². The van der Waals surface area contributed by atoms with E-state index in [0.717, 1.165) is 14.5 Å². The molecular formula is C10H5Br3. The molecule has 0 aromatic heterocycles. The average molecular weight is 365 g/mol. The number of rotatable bonds is 1. The van der Waals surface area contributed by atoms with E-state index >= 15 is 0 Å². The largest absolute Gasteiger partial charge is 0.0766 e. The van der Waals surface area contributed by atoms with Gasteiger partial charge in [0.05, 0.1) is 8.96 Å². The highest BCUT2D eigenvalue weighted by Gasteiger charge is 2.00. The topological polar surface area (TPSA) is 0 Å². The Balaban J connectivity index is 3.17. The third kappa shape index (κ3) is 3.30. The maximum Gasteiger partial charge on any atom is 0.0766 e. The molecule has 1 rings (SSSR count). The van der Waals surface area contributed by atoms with Gasteiger partial charge in [0, 0.05) is 15.9 Å². The summed E-state index contributed by atoms with van der Waals surface area (Å²) in [5.41, 5.74) is 2.01. The maximum atomic E-state index is 3.35. The zero-order valence-corrected chi connectivity index (χ0v) is 11.3. The Kier molecular flexibility index (Phi) is 4.79. The molecule has 0 saturated carbocycles. The fourth-order valence-electron chi connectivity index (χ4n) is 0.881. The van der Waals surface area contributed by atoms with E-state index in [1.54, 1.807) is 0 Å².